The summed E-state index contributed by atoms with van der Waals surface area (Å²) in [6.07, 6.45) is 6.31. The van der Waals surface area contributed by atoms with Gasteiger partial charge in [-0.15, -0.1) is 0 Å². The lowest BCUT2D eigenvalue weighted by Gasteiger charge is -2.31. The minimum Gasteiger partial charge on any atom is -0.508 e. The van der Waals surface area contributed by atoms with Crippen LogP contribution in [0.5, 0.6) is 51.7 Å². The van der Waals surface area contributed by atoms with Gasteiger partial charge in [0.25, 0.3) is 0 Å². The molecule has 54 heavy (non-hydrogen) atoms. The number of aromatic hydroxyl groups is 7. The summed E-state index contributed by atoms with van der Waals surface area (Å²) >= 11 is 0. The Balaban J connectivity index is 0.000000197. The van der Waals surface area contributed by atoms with Crippen LogP contribution < -0.4 is 20.5 Å². The highest BCUT2D eigenvalue weighted by Crippen LogP contribution is 2.49. The molecule has 0 aliphatic carbocycles. The second kappa shape index (κ2) is 13.8. The smallest absolute Gasteiger partial charge is 0.348 e. The van der Waals surface area contributed by atoms with Crippen LogP contribution in [0.3, 0.4) is 0 Å². The number of phenolic OH excluding ortho intramolecular Hbond substituents is 5. The van der Waals surface area contributed by atoms with Crippen LogP contribution >= 0.6 is 0 Å². The molecule has 0 saturated heterocycles. The number of hydrogen-bond donors (Lipinski definition) is 7. The molecule has 4 aromatic carbocycles. The van der Waals surface area contributed by atoms with Gasteiger partial charge in [-0.1, -0.05) is 23.8 Å². The molecule has 2 aromatic heterocycles. The van der Waals surface area contributed by atoms with E-state index in [1.165, 1.54) is 25.3 Å². The van der Waals surface area contributed by atoms with E-state index in [2.05, 4.69) is 6.08 Å². The lowest BCUT2D eigenvalue weighted by atomic mass is 9.93. The molecule has 13 heteroatoms. The molecule has 3 heterocycles. The molecule has 0 fully saturated rings. The van der Waals surface area contributed by atoms with E-state index in [0.29, 0.717) is 34.4 Å². The van der Waals surface area contributed by atoms with Gasteiger partial charge < -0.3 is 54.1 Å². The van der Waals surface area contributed by atoms with Gasteiger partial charge in [0.1, 0.15) is 62.0 Å². The number of allylic oxidation sites excluding steroid dienone is 2. The second-order valence-corrected chi connectivity index (χ2v) is 13.3. The molecule has 0 unspecified atom stereocenters. The Morgan fingerprint density at radius 1 is 0.778 bits per heavy atom. The summed E-state index contributed by atoms with van der Waals surface area (Å²) in [7, 11) is 1.52. The van der Waals surface area contributed by atoms with Gasteiger partial charge in [0, 0.05) is 23.3 Å². The van der Waals surface area contributed by atoms with Crippen molar-refractivity contribution in [2.45, 2.75) is 39.7 Å². The van der Waals surface area contributed by atoms with Gasteiger partial charge in [-0.05, 0) is 82.2 Å². The molecule has 0 spiro atoms. The van der Waals surface area contributed by atoms with E-state index in [0.717, 1.165) is 35.4 Å². The Morgan fingerprint density at radius 2 is 1.46 bits per heavy atom. The highest BCUT2D eigenvalue weighted by atomic mass is 16.5. The minimum absolute atomic E-state index is 0.00458. The number of fused-ring (bicyclic) bond motifs is 4. The molecule has 7 N–H and O–H groups in total. The summed E-state index contributed by atoms with van der Waals surface area (Å²) in [5, 5.41) is 68.8. The lowest BCUT2D eigenvalue weighted by molar-refractivity contribution is 0.157. The minimum atomic E-state index is -0.888. The van der Waals surface area contributed by atoms with Crippen molar-refractivity contribution in [3.63, 3.8) is 0 Å². The monoisotopic (exact) mass is 736 g/mol. The first-order valence-electron chi connectivity index (χ1n) is 16.5. The summed E-state index contributed by atoms with van der Waals surface area (Å²) < 4.78 is 23.1. The first-order chi connectivity index (χ1) is 25.5. The standard InChI is InChI=1S/C26H26O6.C15H10O7/c1-14(2)6-11-17-22-18(12-13-26(3,4)32-22)24-20(23(17)30-5)21(28)19(25(29)31-24)15-7-9-16(27)10-8-15;16-7-4-10(19)12-11(5-7)22-15(14(21)13(12)20)6-1-2-8(17)9(18)3-6/h6-10,12-13,27-28H,11H2,1-5H3;1-5,16-19,21H. The Morgan fingerprint density at radius 3 is 2.11 bits per heavy atom. The zero-order valence-corrected chi connectivity index (χ0v) is 29.7. The predicted molar refractivity (Wildman–Crippen MR) is 201 cm³/mol. The van der Waals surface area contributed by atoms with E-state index >= 15 is 0 Å². The number of ether oxygens (including phenoxy) is 2. The van der Waals surface area contributed by atoms with Crippen molar-refractivity contribution in [3.05, 3.63) is 104 Å². The van der Waals surface area contributed by atoms with Crippen LogP contribution in [-0.2, 0) is 6.42 Å². The molecule has 0 saturated carbocycles. The van der Waals surface area contributed by atoms with Crippen LogP contribution in [0.25, 0.3) is 50.5 Å². The molecule has 0 atom stereocenters. The van der Waals surface area contributed by atoms with Crippen molar-refractivity contribution in [3.8, 4) is 74.2 Å². The average molecular weight is 737 g/mol. The largest absolute Gasteiger partial charge is 0.508 e. The van der Waals surface area contributed by atoms with Crippen molar-refractivity contribution < 1.29 is 54.1 Å². The molecular formula is C41H36O13. The number of phenols is 5. The van der Waals surface area contributed by atoms with Crippen molar-refractivity contribution in [2.24, 2.45) is 0 Å². The van der Waals surface area contributed by atoms with Crippen LogP contribution in [0.4, 0.5) is 0 Å². The van der Waals surface area contributed by atoms with Crippen molar-refractivity contribution in [1.29, 1.82) is 0 Å². The Kier molecular flexibility index (Phi) is 9.42. The van der Waals surface area contributed by atoms with Gasteiger partial charge in [0.05, 0.1) is 12.7 Å². The van der Waals surface area contributed by atoms with Crippen molar-refractivity contribution in [2.75, 3.05) is 7.11 Å². The fourth-order valence-corrected chi connectivity index (χ4v) is 6.03. The number of benzene rings is 4. The van der Waals surface area contributed by atoms with E-state index in [1.807, 2.05) is 39.8 Å². The maximum atomic E-state index is 12.9. The quantitative estimate of drug-likeness (QED) is 0.0517. The van der Waals surface area contributed by atoms with E-state index in [-0.39, 0.29) is 56.4 Å². The fraction of sp³-hybridized carbons (Fsp3) is 0.171. The molecule has 0 radical (unpaired) electrons. The predicted octanol–water partition coefficient (Wildman–Crippen LogP) is 7.56. The van der Waals surface area contributed by atoms with Crippen LogP contribution in [-0.4, -0.2) is 48.5 Å². The topological polar surface area (TPSA) is 220 Å². The third-order valence-electron chi connectivity index (χ3n) is 8.63. The molecule has 278 valence electrons. The summed E-state index contributed by atoms with van der Waals surface area (Å²) in [5.74, 6) is -1.94. The Bertz CT molecular complexity index is 2640. The number of rotatable bonds is 5. The van der Waals surface area contributed by atoms with Gasteiger partial charge in [0.15, 0.2) is 22.8 Å². The van der Waals surface area contributed by atoms with Crippen LogP contribution in [0.1, 0.15) is 38.8 Å². The molecule has 1 aliphatic heterocycles. The van der Waals surface area contributed by atoms with Crippen molar-refractivity contribution in [1.82, 2.24) is 0 Å². The van der Waals surface area contributed by atoms with E-state index in [4.69, 9.17) is 18.3 Å². The number of methoxy groups -OCH3 is 1. The van der Waals surface area contributed by atoms with E-state index in [1.54, 1.807) is 12.1 Å². The lowest BCUT2D eigenvalue weighted by Crippen LogP contribution is -2.28. The number of hydrogen-bond acceptors (Lipinski definition) is 13. The highest BCUT2D eigenvalue weighted by molar-refractivity contribution is 6.02. The van der Waals surface area contributed by atoms with Crippen molar-refractivity contribution >= 4 is 28.0 Å². The zero-order chi connectivity index (χ0) is 39.2. The SMILES string of the molecule is COc1c(CC=C(C)C)c2c(c3oc(=O)c(-c4ccc(O)cc4)c(O)c13)C=CC(C)(C)O2.O=c1c(O)c(-c2ccc(O)c(O)c2)oc2cc(O)cc(O)c12. The van der Waals surface area contributed by atoms with Gasteiger partial charge in [-0.25, -0.2) is 4.79 Å². The molecular weight excluding hydrogens is 700 g/mol. The fourth-order valence-electron chi connectivity index (χ4n) is 6.03. The van der Waals surface area contributed by atoms with Gasteiger partial charge in [0.2, 0.25) is 11.2 Å². The third-order valence-corrected chi connectivity index (χ3v) is 8.63. The molecule has 1 aliphatic rings. The second-order valence-electron chi connectivity index (χ2n) is 13.3. The van der Waals surface area contributed by atoms with Gasteiger partial charge >= 0.3 is 5.63 Å². The zero-order valence-electron chi connectivity index (χ0n) is 29.7. The summed E-state index contributed by atoms with van der Waals surface area (Å²) in [5.41, 5.74) is 0.962. The maximum absolute atomic E-state index is 12.9. The molecule has 0 bridgehead atoms. The molecule has 6 aromatic rings. The first-order valence-corrected chi connectivity index (χ1v) is 16.5. The summed E-state index contributed by atoms with van der Waals surface area (Å²) in [6, 6.07) is 11.6. The molecule has 0 amide bonds. The summed E-state index contributed by atoms with van der Waals surface area (Å²) in [6.45, 7) is 7.89. The third kappa shape index (κ3) is 6.70. The van der Waals surface area contributed by atoms with Gasteiger partial charge in [-0.3, -0.25) is 4.79 Å². The van der Waals surface area contributed by atoms with Crippen LogP contribution in [0, 0.1) is 0 Å². The summed E-state index contributed by atoms with van der Waals surface area (Å²) in [4.78, 5) is 25.1. The Labute approximate surface area is 306 Å². The highest BCUT2D eigenvalue weighted by Gasteiger charge is 2.32. The van der Waals surface area contributed by atoms with Crippen LogP contribution in [0.15, 0.2) is 90.7 Å². The maximum Gasteiger partial charge on any atom is 0.348 e. The first kappa shape index (κ1) is 36.8. The van der Waals surface area contributed by atoms with Crippen LogP contribution in [0.2, 0.25) is 0 Å². The molecule has 7 rings (SSSR count). The van der Waals surface area contributed by atoms with E-state index < -0.39 is 33.9 Å². The molecule has 13 nitrogen and oxygen atoms in total. The van der Waals surface area contributed by atoms with E-state index in [9.17, 15) is 45.3 Å². The Hall–Kier alpha value is -7.02. The normalized spacial score (nSPS) is 12.8. The average Bonchev–Trinajstić information content (AvgIpc) is 3.10. The van der Waals surface area contributed by atoms with Gasteiger partial charge in [-0.2, -0.15) is 0 Å².